The number of amides is 1. The van der Waals surface area contributed by atoms with Crippen molar-refractivity contribution in [2.45, 2.75) is 6.42 Å². The number of anilines is 1. The van der Waals surface area contributed by atoms with Gasteiger partial charge in [0.05, 0.1) is 16.1 Å². The molecule has 22 heavy (non-hydrogen) atoms. The SMILES string of the molecule is O=C(Nc1nc2ccccc2s1)[C@@H]1[C@@H](C(=O)[O-])[C@H]2C=C[C@@H]1C2. The molecule has 5 nitrogen and oxygen atoms in total. The molecule has 1 aromatic heterocycles. The molecule has 2 aliphatic carbocycles. The van der Waals surface area contributed by atoms with E-state index < -0.39 is 17.8 Å². The fourth-order valence-electron chi connectivity index (χ4n) is 3.62. The number of carbonyl (C=O) groups excluding carboxylic acids is 2. The molecule has 2 bridgehead atoms. The molecule has 4 atom stereocenters. The second kappa shape index (κ2) is 4.91. The number of hydrogen-bond acceptors (Lipinski definition) is 5. The third-order valence-corrected chi connectivity index (χ3v) is 5.51. The molecule has 0 aliphatic heterocycles. The lowest BCUT2D eigenvalue weighted by Crippen LogP contribution is -2.42. The van der Waals surface area contributed by atoms with E-state index in [1.807, 2.05) is 36.4 Å². The van der Waals surface area contributed by atoms with Crippen LogP contribution < -0.4 is 10.4 Å². The number of carboxylic acids is 1. The number of hydrogen-bond donors (Lipinski definition) is 1. The van der Waals surface area contributed by atoms with E-state index in [1.165, 1.54) is 11.3 Å². The Balaban J connectivity index is 1.59. The van der Waals surface area contributed by atoms with Crippen LogP contribution in [0.25, 0.3) is 10.2 Å². The molecule has 112 valence electrons. The van der Waals surface area contributed by atoms with Gasteiger partial charge in [0.1, 0.15) is 0 Å². The minimum atomic E-state index is -1.14. The van der Waals surface area contributed by atoms with Crippen molar-refractivity contribution in [2.24, 2.45) is 23.7 Å². The third kappa shape index (κ3) is 2.02. The van der Waals surface area contributed by atoms with Gasteiger partial charge in [-0.3, -0.25) is 4.79 Å². The zero-order valence-corrected chi connectivity index (χ0v) is 12.4. The highest BCUT2D eigenvalue weighted by Crippen LogP contribution is 2.48. The molecule has 1 amide bonds. The molecule has 4 rings (SSSR count). The minimum Gasteiger partial charge on any atom is -0.550 e. The van der Waals surface area contributed by atoms with E-state index in [0.29, 0.717) is 5.13 Å². The van der Waals surface area contributed by atoms with Crippen molar-refractivity contribution in [1.29, 1.82) is 0 Å². The zero-order chi connectivity index (χ0) is 15.3. The highest BCUT2D eigenvalue weighted by Gasteiger charge is 2.48. The van der Waals surface area contributed by atoms with Crippen molar-refractivity contribution in [1.82, 2.24) is 4.98 Å². The minimum absolute atomic E-state index is 0.0118. The van der Waals surface area contributed by atoms with Crippen LogP contribution in [0.1, 0.15) is 6.42 Å². The smallest absolute Gasteiger partial charge is 0.230 e. The van der Waals surface area contributed by atoms with E-state index in [9.17, 15) is 14.7 Å². The zero-order valence-electron chi connectivity index (χ0n) is 11.6. The molecule has 0 spiro atoms. The number of para-hydroxylation sites is 1. The van der Waals surface area contributed by atoms with E-state index in [2.05, 4.69) is 10.3 Å². The predicted molar refractivity (Wildman–Crippen MR) is 81.0 cm³/mol. The van der Waals surface area contributed by atoms with Crippen LogP contribution in [0.5, 0.6) is 0 Å². The Bertz CT molecular complexity index is 765. The first kappa shape index (κ1) is 13.5. The lowest BCUT2D eigenvalue weighted by Gasteiger charge is -2.27. The van der Waals surface area contributed by atoms with Gasteiger partial charge in [0.15, 0.2) is 5.13 Å². The monoisotopic (exact) mass is 313 g/mol. The molecule has 1 fully saturated rings. The number of rotatable bonds is 3. The molecule has 6 heteroatoms. The Morgan fingerprint density at radius 1 is 1.18 bits per heavy atom. The standard InChI is InChI=1S/C16H14N2O3S/c19-14(12-8-5-6-9(7-8)13(12)15(20)21)18-16-17-10-3-1-2-4-11(10)22-16/h1-6,8-9,12-13H,7H2,(H,20,21)(H,17,18,19)/p-1/t8-,9+,12+,13+/m1/s1. The first-order valence-corrected chi connectivity index (χ1v) is 8.01. The van der Waals surface area contributed by atoms with Gasteiger partial charge in [-0.1, -0.05) is 35.6 Å². The lowest BCUT2D eigenvalue weighted by molar-refractivity contribution is -0.313. The van der Waals surface area contributed by atoms with Crippen LogP contribution in [-0.4, -0.2) is 16.9 Å². The van der Waals surface area contributed by atoms with Crippen LogP contribution in [0.2, 0.25) is 0 Å². The third-order valence-electron chi connectivity index (χ3n) is 4.56. The maximum atomic E-state index is 12.5. The van der Waals surface area contributed by atoms with Crippen molar-refractivity contribution in [2.75, 3.05) is 5.32 Å². The summed E-state index contributed by atoms with van der Waals surface area (Å²) in [6.07, 6.45) is 4.57. The number of allylic oxidation sites excluding steroid dienone is 2. The number of nitrogens with zero attached hydrogens (tertiary/aromatic N) is 1. The van der Waals surface area contributed by atoms with Crippen LogP contribution in [0.15, 0.2) is 36.4 Å². The Hall–Kier alpha value is -2.21. The van der Waals surface area contributed by atoms with Crippen LogP contribution in [-0.2, 0) is 9.59 Å². The van der Waals surface area contributed by atoms with Crippen molar-refractivity contribution >= 4 is 38.6 Å². The Labute approximate surface area is 130 Å². The average molecular weight is 313 g/mol. The van der Waals surface area contributed by atoms with E-state index in [0.717, 1.165) is 16.6 Å². The van der Waals surface area contributed by atoms with Crippen molar-refractivity contribution in [3.05, 3.63) is 36.4 Å². The van der Waals surface area contributed by atoms with Gasteiger partial charge in [-0.25, -0.2) is 4.98 Å². The quantitative estimate of drug-likeness (QED) is 0.869. The summed E-state index contributed by atoms with van der Waals surface area (Å²) in [5.41, 5.74) is 0.826. The number of aliphatic carboxylic acids is 1. The van der Waals surface area contributed by atoms with Crippen molar-refractivity contribution in [3.63, 3.8) is 0 Å². The molecule has 2 aliphatic rings. The second-order valence-corrected chi connectivity index (χ2v) is 6.83. The topological polar surface area (TPSA) is 82.1 Å². The molecular formula is C16H13N2O3S-. The summed E-state index contributed by atoms with van der Waals surface area (Å²) in [5.74, 6) is -2.80. The van der Waals surface area contributed by atoms with E-state index in [1.54, 1.807) is 0 Å². The molecule has 0 saturated heterocycles. The Kier molecular flexibility index (Phi) is 3.00. The number of thiazole rings is 1. The molecule has 1 heterocycles. The van der Waals surface area contributed by atoms with Gasteiger partial charge < -0.3 is 15.2 Å². The van der Waals surface area contributed by atoms with Gasteiger partial charge >= 0.3 is 0 Å². The fourth-order valence-corrected chi connectivity index (χ4v) is 4.48. The first-order valence-electron chi connectivity index (χ1n) is 7.19. The summed E-state index contributed by atoms with van der Waals surface area (Å²) >= 11 is 1.39. The van der Waals surface area contributed by atoms with Gasteiger partial charge in [-0.2, -0.15) is 0 Å². The summed E-state index contributed by atoms with van der Waals surface area (Å²) in [6.45, 7) is 0. The van der Waals surface area contributed by atoms with E-state index in [-0.39, 0.29) is 17.7 Å². The maximum Gasteiger partial charge on any atom is 0.230 e. The number of aromatic nitrogens is 1. The molecule has 1 saturated carbocycles. The number of carboxylic acid groups (broad SMARTS) is 1. The van der Waals surface area contributed by atoms with Crippen molar-refractivity contribution in [3.8, 4) is 0 Å². The number of benzene rings is 1. The molecule has 2 aromatic rings. The summed E-state index contributed by atoms with van der Waals surface area (Å²) in [7, 11) is 0. The van der Waals surface area contributed by atoms with Gasteiger partial charge in [0.2, 0.25) is 5.91 Å². The summed E-state index contributed by atoms with van der Waals surface area (Å²) in [6, 6.07) is 7.62. The maximum absolute atomic E-state index is 12.5. The predicted octanol–water partition coefficient (Wildman–Crippen LogP) is 1.42. The van der Waals surface area contributed by atoms with Gasteiger partial charge in [0.25, 0.3) is 0 Å². The van der Waals surface area contributed by atoms with Crippen LogP contribution >= 0.6 is 11.3 Å². The molecule has 1 aromatic carbocycles. The van der Waals surface area contributed by atoms with Gasteiger partial charge in [0, 0.05) is 11.9 Å². The number of carbonyl (C=O) groups is 2. The summed E-state index contributed by atoms with van der Waals surface area (Å²) in [4.78, 5) is 28.2. The van der Waals surface area contributed by atoms with Gasteiger partial charge in [-0.15, -0.1) is 0 Å². The van der Waals surface area contributed by atoms with E-state index >= 15 is 0 Å². The highest BCUT2D eigenvalue weighted by molar-refractivity contribution is 7.22. The molecule has 0 radical (unpaired) electrons. The Morgan fingerprint density at radius 3 is 2.64 bits per heavy atom. The fraction of sp³-hybridized carbons (Fsp3) is 0.312. The van der Waals surface area contributed by atoms with Crippen LogP contribution in [0.3, 0.4) is 0 Å². The first-order chi connectivity index (χ1) is 10.6. The summed E-state index contributed by atoms with van der Waals surface area (Å²) < 4.78 is 0.988. The Morgan fingerprint density at radius 2 is 1.91 bits per heavy atom. The molecule has 1 N–H and O–H groups in total. The van der Waals surface area contributed by atoms with E-state index in [4.69, 9.17) is 0 Å². The largest absolute Gasteiger partial charge is 0.550 e. The normalized spacial score (nSPS) is 29.1. The van der Waals surface area contributed by atoms with Crippen molar-refractivity contribution < 1.29 is 14.7 Å². The molecular weight excluding hydrogens is 300 g/mol. The van der Waals surface area contributed by atoms with Gasteiger partial charge in [-0.05, 0) is 30.4 Å². The molecule has 0 unspecified atom stereocenters. The number of fused-ring (bicyclic) bond motifs is 3. The summed E-state index contributed by atoms with van der Waals surface area (Å²) in [5, 5.41) is 14.7. The number of nitrogens with one attached hydrogen (secondary N) is 1. The average Bonchev–Trinajstić information content (AvgIpc) is 3.19. The highest BCUT2D eigenvalue weighted by atomic mass is 32.1. The second-order valence-electron chi connectivity index (χ2n) is 5.79. The van der Waals surface area contributed by atoms with Crippen LogP contribution in [0, 0.1) is 23.7 Å². The lowest BCUT2D eigenvalue weighted by atomic mass is 9.82. The van der Waals surface area contributed by atoms with Crippen LogP contribution in [0.4, 0.5) is 5.13 Å².